The van der Waals surface area contributed by atoms with E-state index < -0.39 is 0 Å². The van der Waals surface area contributed by atoms with Crippen molar-refractivity contribution in [2.45, 2.75) is 6.54 Å². The Morgan fingerprint density at radius 1 is 1.06 bits per heavy atom. The Bertz CT molecular complexity index is 325. The molecule has 0 amide bonds. The third-order valence-electron chi connectivity index (χ3n) is 2.32. The lowest BCUT2D eigenvalue weighted by molar-refractivity contribution is 0.281. The molecule has 5 heteroatoms. The van der Waals surface area contributed by atoms with Crippen molar-refractivity contribution in [2.24, 2.45) is 11.5 Å². The van der Waals surface area contributed by atoms with E-state index in [4.69, 9.17) is 34.7 Å². The summed E-state index contributed by atoms with van der Waals surface area (Å²) in [6.45, 7) is 3.56. The highest BCUT2D eigenvalue weighted by Crippen LogP contribution is 2.26. The fraction of sp³-hybridized carbons (Fsp3) is 0.455. The number of hydrogen-bond acceptors (Lipinski definition) is 3. The molecule has 1 aromatic carbocycles. The molecule has 0 atom stereocenters. The molecule has 0 unspecified atom stereocenters. The first-order valence-corrected chi connectivity index (χ1v) is 6.00. The molecule has 1 aromatic rings. The van der Waals surface area contributed by atoms with Gasteiger partial charge in [0.2, 0.25) is 0 Å². The lowest BCUT2D eigenvalue weighted by Crippen LogP contribution is -2.33. The molecule has 0 spiro atoms. The zero-order valence-electron chi connectivity index (χ0n) is 9.13. The highest BCUT2D eigenvalue weighted by Gasteiger charge is 2.09. The highest BCUT2D eigenvalue weighted by molar-refractivity contribution is 6.42. The molecule has 0 saturated heterocycles. The maximum Gasteiger partial charge on any atom is 0.0637 e. The van der Waals surface area contributed by atoms with Gasteiger partial charge in [0.1, 0.15) is 0 Å². The molecule has 1 rings (SSSR count). The highest BCUT2D eigenvalue weighted by atomic mass is 35.5. The number of nitrogens with two attached hydrogens (primary N) is 2. The Morgan fingerprint density at radius 2 is 1.69 bits per heavy atom. The normalized spacial score (nSPS) is 11.1. The zero-order chi connectivity index (χ0) is 12.0. The second kappa shape index (κ2) is 7.09. The summed E-state index contributed by atoms with van der Waals surface area (Å²) < 4.78 is 0. The van der Waals surface area contributed by atoms with Crippen LogP contribution < -0.4 is 11.5 Å². The SMILES string of the molecule is NCCN(CCN)Cc1cccc(Cl)c1Cl. The van der Waals surface area contributed by atoms with Crippen LogP contribution in [0.2, 0.25) is 10.0 Å². The largest absolute Gasteiger partial charge is 0.329 e. The molecule has 0 aliphatic carbocycles. The summed E-state index contributed by atoms with van der Waals surface area (Å²) in [6, 6.07) is 5.64. The van der Waals surface area contributed by atoms with E-state index in [1.165, 1.54) is 0 Å². The first-order valence-electron chi connectivity index (χ1n) is 5.24. The Labute approximate surface area is 106 Å². The van der Waals surface area contributed by atoms with Crippen molar-refractivity contribution >= 4 is 23.2 Å². The third-order valence-corrected chi connectivity index (χ3v) is 3.17. The van der Waals surface area contributed by atoms with Crippen LogP contribution in [0.4, 0.5) is 0 Å². The molecular formula is C11H17Cl2N3. The van der Waals surface area contributed by atoms with Gasteiger partial charge in [-0.1, -0.05) is 35.3 Å². The van der Waals surface area contributed by atoms with Crippen LogP contribution in [-0.4, -0.2) is 31.1 Å². The minimum absolute atomic E-state index is 0.583. The molecular weight excluding hydrogens is 245 g/mol. The standard InChI is InChI=1S/C11H17Cl2N3/c12-10-3-1-2-9(11(10)13)8-16(6-4-14)7-5-15/h1-3H,4-8,14-15H2. The number of benzene rings is 1. The van der Waals surface area contributed by atoms with E-state index in [-0.39, 0.29) is 0 Å². The van der Waals surface area contributed by atoms with Gasteiger partial charge in [0.15, 0.2) is 0 Å². The van der Waals surface area contributed by atoms with Gasteiger partial charge in [0.25, 0.3) is 0 Å². The molecule has 3 nitrogen and oxygen atoms in total. The van der Waals surface area contributed by atoms with Gasteiger partial charge >= 0.3 is 0 Å². The van der Waals surface area contributed by atoms with Gasteiger partial charge in [0.05, 0.1) is 10.0 Å². The Balaban J connectivity index is 2.72. The van der Waals surface area contributed by atoms with Gasteiger partial charge in [-0.05, 0) is 11.6 Å². The summed E-state index contributed by atoms with van der Waals surface area (Å²) in [4.78, 5) is 2.16. The Hall–Kier alpha value is -0.320. The van der Waals surface area contributed by atoms with Gasteiger partial charge in [-0.15, -0.1) is 0 Å². The van der Waals surface area contributed by atoms with Crippen molar-refractivity contribution in [3.63, 3.8) is 0 Å². The summed E-state index contributed by atoms with van der Waals surface area (Å²) >= 11 is 12.1. The van der Waals surface area contributed by atoms with E-state index in [2.05, 4.69) is 4.90 Å². The van der Waals surface area contributed by atoms with Crippen LogP contribution in [0.3, 0.4) is 0 Å². The maximum absolute atomic E-state index is 6.12. The monoisotopic (exact) mass is 261 g/mol. The van der Waals surface area contributed by atoms with Crippen LogP contribution in [0.1, 0.15) is 5.56 Å². The van der Waals surface area contributed by atoms with E-state index in [1.54, 1.807) is 6.07 Å². The minimum Gasteiger partial charge on any atom is -0.329 e. The average molecular weight is 262 g/mol. The van der Waals surface area contributed by atoms with Crippen LogP contribution >= 0.6 is 23.2 Å². The predicted molar refractivity (Wildman–Crippen MR) is 69.8 cm³/mol. The van der Waals surface area contributed by atoms with Crippen molar-refractivity contribution in [3.8, 4) is 0 Å². The van der Waals surface area contributed by atoms with Crippen LogP contribution in [0.15, 0.2) is 18.2 Å². The van der Waals surface area contributed by atoms with E-state index in [1.807, 2.05) is 12.1 Å². The zero-order valence-corrected chi connectivity index (χ0v) is 10.6. The van der Waals surface area contributed by atoms with Gasteiger partial charge in [0, 0.05) is 32.7 Å². The van der Waals surface area contributed by atoms with Gasteiger partial charge in [-0.3, -0.25) is 4.90 Å². The van der Waals surface area contributed by atoms with Crippen LogP contribution in [0, 0.1) is 0 Å². The second-order valence-corrected chi connectivity index (χ2v) is 4.35. The van der Waals surface area contributed by atoms with Gasteiger partial charge in [-0.25, -0.2) is 0 Å². The Kier molecular flexibility index (Phi) is 6.09. The molecule has 90 valence electrons. The summed E-state index contributed by atoms with van der Waals surface area (Å²) in [7, 11) is 0. The minimum atomic E-state index is 0.583. The molecule has 4 N–H and O–H groups in total. The maximum atomic E-state index is 6.12. The first-order chi connectivity index (χ1) is 7.69. The average Bonchev–Trinajstić information content (AvgIpc) is 2.25. The van der Waals surface area contributed by atoms with Crippen molar-refractivity contribution in [1.82, 2.24) is 4.90 Å². The lowest BCUT2D eigenvalue weighted by Gasteiger charge is -2.21. The van der Waals surface area contributed by atoms with Gasteiger partial charge < -0.3 is 11.5 Å². The lowest BCUT2D eigenvalue weighted by atomic mass is 10.2. The Morgan fingerprint density at radius 3 is 2.25 bits per heavy atom. The van der Waals surface area contributed by atoms with Crippen molar-refractivity contribution in [3.05, 3.63) is 33.8 Å². The van der Waals surface area contributed by atoms with E-state index in [0.29, 0.717) is 23.1 Å². The number of nitrogens with zero attached hydrogens (tertiary/aromatic N) is 1. The molecule has 0 bridgehead atoms. The fourth-order valence-electron chi connectivity index (χ4n) is 1.55. The molecule has 0 saturated carbocycles. The summed E-state index contributed by atoms with van der Waals surface area (Å²) in [6.07, 6.45) is 0. The molecule has 0 radical (unpaired) electrons. The van der Waals surface area contributed by atoms with Crippen LogP contribution in [0.25, 0.3) is 0 Å². The summed E-state index contributed by atoms with van der Waals surface area (Å²) in [5.74, 6) is 0. The van der Waals surface area contributed by atoms with Gasteiger partial charge in [-0.2, -0.15) is 0 Å². The molecule has 0 aliphatic rings. The quantitative estimate of drug-likeness (QED) is 0.820. The predicted octanol–water partition coefficient (Wildman–Crippen LogP) is 1.71. The molecule has 16 heavy (non-hydrogen) atoms. The number of halogens is 2. The van der Waals surface area contributed by atoms with E-state index >= 15 is 0 Å². The molecule has 0 heterocycles. The topological polar surface area (TPSA) is 55.3 Å². The van der Waals surface area contributed by atoms with Crippen LogP contribution in [-0.2, 0) is 6.54 Å². The number of hydrogen-bond donors (Lipinski definition) is 2. The van der Waals surface area contributed by atoms with Crippen molar-refractivity contribution in [1.29, 1.82) is 0 Å². The first kappa shape index (κ1) is 13.7. The molecule has 0 aromatic heterocycles. The van der Waals surface area contributed by atoms with E-state index in [0.717, 1.165) is 25.2 Å². The van der Waals surface area contributed by atoms with Crippen LogP contribution in [0.5, 0.6) is 0 Å². The molecule has 0 aliphatic heterocycles. The van der Waals surface area contributed by atoms with E-state index in [9.17, 15) is 0 Å². The summed E-state index contributed by atoms with van der Waals surface area (Å²) in [5.41, 5.74) is 12.1. The van der Waals surface area contributed by atoms with Crippen molar-refractivity contribution < 1.29 is 0 Å². The second-order valence-electron chi connectivity index (χ2n) is 3.57. The van der Waals surface area contributed by atoms with Crippen molar-refractivity contribution in [2.75, 3.05) is 26.2 Å². The smallest absolute Gasteiger partial charge is 0.0637 e. The number of rotatable bonds is 6. The fourth-order valence-corrected chi connectivity index (χ4v) is 1.93. The molecule has 0 fully saturated rings. The summed E-state index contributed by atoms with van der Waals surface area (Å²) in [5, 5.41) is 1.20. The third kappa shape index (κ3) is 3.92.